The van der Waals surface area contributed by atoms with Gasteiger partial charge in [0.2, 0.25) is 0 Å². The van der Waals surface area contributed by atoms with Crippen LogP contribution in [0.1, 0.15) is 48.7 Å². The third-order valence-electron chi connectivity index (χ3n) is 6.48. The maximum Gasteiger partial charge on any atom is 0.267 e. The third kappa shape index (κ3) is 3.55. The molecule has 7 heteroatoms. The zero-order valence-corrected chi connectivity index (χ0v) is 16.4. The first kappa shape index (κ1) is 17.8. The van der Waals surface area contributed by atoms with Crippen LogP contribution < -0.4 is 10.5 Å². The van der Waals surface area contributed by atoms with E-state index in [9.17, 15) is 4.79 Å². The van der Waals surface area contributed by atoms with Crippen LogP contribution >= 0.6 is 0 Å². The number of rotatable bonds is 5. The van der Waals surface area contributed by atoms with E-state index in [4.69, 9.17) is 4.98 Å². The van der Waals surface area contributed by atoms with Crippen molar-refractivity contribution < 1.29 is 0 Å². The highest BCUT2D eigenvalue weighted by Gasteiger charge is 2.24. The summed E-state index contributed by atoms with van der Waals surface area (Å²) in [5.74, 6) is 2.65. The number of hydrogen-bond acceptors (Lipinski definition) is 6. The topological polar surface area (TPSA) is 67.2 Å². The Morgan fingerprint density at radius 2 is 1.89 bits per heavy atom. The highest BCUT2D eigenvalue weighted by atomic mass is 16.1. The molecule has 3 aliphatic rings. The van der Waals surface area contributed by atoms with E-state index in [-0.39, 0.29) is 5.56 Å². The van der Waals surface area contributed by atoms with Gasteiger partial charge in [-0.15, -0.1) is 0 Å². The van der Waals surface area contributed by atoms with Crippen molar-refractivity contribution in [2.24, 2.45) is 0 Å². The smallest absolute Gasteiger partial charge is 0.267 e. The quantitative estimate of drug-likeness (QED) is 0.785. The molecule has 0 aromatic carbocycles. The van der Waals surface area contributed by atoms with Gasteiger partial charge in [-0.2, -0.15) is 5.10 Å². The fourth-order valence-corrected chi connectivity index (χ4v) is 4.44. The van der Waals surface area contributed by atoms with Crippen molar-refractivity contribution in [3.63, 3.8) is 0 Å². The number of piperazine rings is 1. The standard InChI is InChI=1S/C21H28N6O/c28-20-15-17-5-2-6-18(17)24-27(20)14-11-25-9-12-26(13-10-25)19-7-8-22-21(23-19)16-3-1-4-16/h7-8,15-16H,1-6,9-14H2. The highest BCUT2D eigenvalue weighted by molar-refractivity contribution is 5.38. The van der Waals surface area contributed by atoms with Crippen LogP contribution in [0.25, 0.3) is 0 Å². The number of aryl methyl sites for hydroxylation is 2. The van der Waals surface area contributed by atoms with E-state index < -0.39 is 0 Å². The Labute approximate surface area is 165 Å². The van der Waals surface area contributed by atoms with Gasteiger partial charge >= 0.3 is 0 Å². The van der Waals surface area contributed by atoms with Crippen LogP contribution in [-0.4, -0.2) is 57.4 Å². The Morgan fingerprint density at radius 1 is 1.04 bits per heavy atom. The second-order valence-electron chi connectivity index (χ2n) is 8.26. The van der Waals surface area contributed by atoms with E-state index in [0.717, 1.165) is 74.9 Å². The second kappa shape index (κ2) is 7.62. The molecule has 7 nitrogen and oxygen atoms in total. The van der Waals surface area contributed by atoms with Gasteiger partial charge in [0, 0.05) is 50.9 Å². The minimum atomic E-state index is 0.0452. The molecule has 1 saturated heterocycles. The molecular formula is C21H28N6O. The van der Waals surface area contributed by atoms with Crippen molar-refractivity contribution in [1.82, 2.24) is 24.6 Å². The first-order valence-electron chi connectivity index (χ1n) is 10.7. The summed E-state index contributed by atoms with van der Waals surface area (Å²) in [5, 5.41) is 4.59. The molecule has 0 unspecified atom stereocenters. The highest BCUT2D eigenvalue weighted by Crippen LogP contribution is 2.34. The summed E-state index contributed by atoms with van der Waals surface area (Å²) in [6.07, 6.45) is 8.81. The molecular weight excluding hydrogens is 352 g/mol. The molecule has 1 aliphatic heterocycles. The molecule has 5 rings (SSSR count). The molecule has 0 atom stereocenters. The molecule has 1 saturated carbocycles. The van der Waals surface area contributed by atoms with Crippen LogP contribution in [0.4, 0.5) is 5.82 Å². The van der Waals surface area contributed by atoms with Crippen molar-refractivity contribution in [2.45, 2.75) is 51.0 Å². The number of aromatic nitrogens is 4. The van der Waals surface area contributed by atoms with Crippen LogP contribution in [-0.2, 0) is 19.4 Å². The summed E-state index contributed by atoms with van der Waals surface area (Å²) in [6, 6.07) is 3.83. The first-order valence-corrected chi connectivity index (χ1v) is 10.7. The molecule has 0 radical (unpaired) electrons. The predicted molar refractivity (Wildman–Crippen MR) is 108 cm³/mol. The predicted octanol–water partition coefficient (Wildman–Crippen LogP) is 1.61. The SMILES string of the molecule is O=c1cc2c(nn1CCN1CCN(c3ccnc(C4CCC4)n3)CC1)CCC2. The van der Waals surface area contributed by atoms with E-state index in [1.807, 2.05) is 12.3 Å². The summed E-state index contributed by atoms with van der Waals surface area (Å²) in [4.78, 5) is 26.4. The largest absolute Gasteiger partial charge is 0.354 e. The summed E-state index contributed by atoms with van der Waals surface area (Å²) < 4.78 is 1.66. The van der Waals surface area contributed by atoms with Gasteiger partial charge in [-0.05, 0) is 43.7 Å². The summed E-state index contributed by atoms with van der Waals surface area (Å²) in [7, 11) is 0. The fourth-order valence-electron chi connectivity index (χ4n) is 4.44. The Bertz CT molecular complexity index is 898. The lowest BCUT2D eigenvalue weighted by Crippen LogP contribution is -2.48. The van der Waals surface area contributed by atoms with Gasteiger partial charge in [0.05, 0.1) is 12.2 Å². The molecule has 2 aromatic heterocycles. The molecule has 0 amide bonds. The van der Waals surface area contributed by atoms with Crippen LogP contribution in [0.3, 0.4) is 0 Å². The number of anilines is 1. The minimum absolute atomic E-state index is 0.0452. The summed E-state index contributed by atoms with van der Waals surface area (Å²) in [6.45, 7) is 5.45. The molecule has 28 heavy (non-hydrogen) atoms. The average Bonchev–Trinajstić information content (AvgIpc) is 3.12. The average molecular weight is 380 g/mol. The zero-order chi connectivity index (χ0) is 18.9. The van der Waals surface area contributed by atoms with Crippen molar-refractivity contribution in [1.29, 1.82) is 0 Å². The monoisotopic (exact) mass is 380 g/mol. The molecule has 0 N–H and O–H groups in total. The van der Waals surface area contributed by atoms with Gasteiger partial charge in [-0.3, -0.25) is 9.69 Å². The fraction of sp³-hybridized carbons (Fsp3) is 0.619. The van der Waals surface area contributed by atoms with E-state index >= 15 is 0 Å². The van der Waals surface area contributed by atoms with E-state index in [1.54, 1.807) is 10.7 Å². The minimum Gasteiger partial charge on any atom is -0.354 e. The summed E-state index contributed by atoms with van der Waals surface area (Å²) in [5.41, 5.74) is 2.32. The van der Waals surface area contributed by atoms with Gasteiger partial charge in [0.25, 0.3) is 5.56 Å². The zero-order valence-electron chi connectivity index (χ0n) is 16.4. The van der Waals surface area contributed by atoms with Gasteiger partial charge in [-0.1, -0.05) is 6.42 Å². The van der Waals surface area contributed by atoms with Crippen LogP contribution in [0, 0.1) is 0 Å². The number of hydrogen-bond donors (Lipinski definition) is 0. The lowest BCUT2D eigenvalue weighted by molar-refractivity contribution is 0.242. The number of fused-ring (bicyclic) bond motifs is 1. The van der Waals surface area contributed by atoms with Crippen LogP contribution in [0.15, 0.2) is 23.1 Å². The van der Waals surface area contributed by atoms with Crippen molar-refractivity contribution >= 4 is 5.82 Å². The van der Waals surface area contributed by atoms with Gasteiger partial charge in [-0.25, -0.2) is 14.6 Å². The molecule has 148 valence electrons. The lowest BCUT2D eigenvalue weighted by Gasteiger charge is -2.35. The summed E-state index contributed by atoms with van der Waals surface area (Å²) >= 11 is 0. The maximum absolute atomic E-state index is 12.3. The Kier molecular flexibility index (Phi) is 4.84. The van der Waals surface area contributed by atoms with Gasteiger partial charge in [0.1, 0.15) is 11.6 Å². The molecule has 3 heterocycles. The van der Waals surface area contributed by atoms with Crippen molar-refractivity contribution in [3.05, 3.63) is 45.8 Å². The number of nitrogens with zero attached hydrogens (tertiary/aromatic N) is 6. The van der Waals surface area contributed by atoms with Gasteiger partial charge in [0.15, 0.2) is 0 Å². The maximum atomic E-state index is 12.3. The Morgan fingerprint density at radius 3 is 2.68 bits per heavy atom. The van der Waals surface area contributed by atoms with E-state index in [1.165, 1.54) is 19.3 Å². The Balaban J connectivity index is 1.16. The van der Waals surface area contributed by atoms with E-state index in [0.29, 0.717) is 12.5 Å². The molecule has 2 fully saturated rings. The Hall–Kier alpha value is -2.28. The van der Waals surface area contributed by atoms with E-state index in [2.05, 4.69) is 19.9 Å². The lowest BCUT2D eigenvalue weighted by atomic mass is 9.85. The normalized spacial score (nSPS) is 20.2. The molecule has 2 aromatic rings. The first-order chi connectivity index (χ1) is 13.8. The van der Waals surface area contributed by atoms with Gasteiger partial charge < -0.3 is 4.90 Å². The van der Waals surface area contributed by atoms with Crippen LogP contribution in [0.2, 0.25) is 0 Å². The molecule has 0 spiro atoms. The molecule has 0 bridgehead atoms. The van der Waals surface area contributed by atoms with Crippen molar-refractivity contribution in [2.75, 3.05) is 37.6 Å². The second-order valence-corrected chi connectivity index (χ2v) is 8.26. The van der Waals surface area contributed by atoms with Crippen molar-refractivity contribution in [3.8, 4) is 0 Å². The van der Waals surface area contributed by atoms with Crippen LogP contribution in [0.5, 0.6) is 0 Å². The third-order valence-corrected chi connectivity index (χ3v) is 6.48. The molecule has 2 aliphatic carbocycles.